The molecule has 2 aliphatic heterocycles. The minimum absolute atomic E-state index is 0.0497. The molecule has 1 spiro atoms. The fourth-order valence-corrected chi connectivity index (χ4v) is 8.68. The highest BCUT2D eigenvalue weighted by Gasteiger charge is 2.61. The van der Waals surface area contributed by atoms with Crippen LogP contribution in [0.2, 0.25) is 10.0 Å². The van der Waals surface area contributed by atoms with Crippen molar-refractivity contribution in [3.8, 4) is 0 Å². The molecule has 0 fully saturated rings. The molecule has 0 radical (unpaired) electrons. The van der Waals surface area contributed by atoms with Crippen LogP contribution < -0.4 is 5.01 Å². The van der Waals surface area contributed by atoms with Crippen molar-refractivity contribution in [1.29, 1.82) is 0 Å². The predicted octanol–water partition coefficient (Wildman–Crippen LogP) is 8.30. The van der Waals surface area contributed by atoms with Crippen molar-refractivity contribution in [2.75, 3.05) is 5.01 Å². The van der Waals surface area contributed by atoms with Gasteiger partial charge in [0.05, 0.1) is 10.4 Å². The molecule has 0 bridgehead atoms. The van der Waals surface area contributed by atoms with E-state index in [0.29, 0.717) is 15.1 Å². The number of para-hydroxylation sites is 1. The Hall–Kier alpha value is -2.70. The van der Waals surface area contributed by atoms with Crippen LogP contribution in [-0.4, -0.2) is 10.8 Å². The number of rotatable bonds is 4. The number of benzene rings is 4. The van der Waals surface area contributed by atoms with Crippen molar-refractivity contribution in [3.05, 3.63) is 135 Å². The van der Waals surface area contributed by atoms with Gasteiger partial charge in [0.15, 0.2) is 15.0 Å². The van der Waals surface area contributed by atoms with Gasteiger partial charge in [-0.05, 0) is 53.1 Å². The Morgan fingerprint density at radius 1 is 0.750 bits per heavy atom. The Morgan fingerprint density at radius 2 is 1.28 bits per heavy atom. The maximum atomic E-state index is 12.6. The summed E-state index contributed by atoms with van der Waals surface area (Å²) in [5, 5.41) is 8.73. The van der Waals surface area contributed by atoms with Gasteiger partial charge < -0.3 is 0 Å². The second-order valence-electron chi connectivity index (χ2n) is 8.64. The van der Waals surface area contributed by atoms with Gasteiger partial charge in [0, 0.05) is 22.5 Å². The van der Waals surface area contributed by atoms with E-state index in [4.69, 9.17) is 28.3 Å². The molecule has 0 saturated carbocycles. The number of carbonyl (C=O) groups is 1. The molecular formula is C29H20Cl2N2OS2. The molecule has 2 heterocycles. The summed E-state index contributed by atoms with van der Waals surface area (Å²) in [5.74, 6) is -0.0497. The van der Waals surface area contributed by atoms with Crippen LogP contribution in [0.15, 0.2) is 108 Å². The highest BCUT2D eigenvalue weighted by molar-refractivity contribution is 8.27. The fraction of sp³-hybridized carbons (Fsp3) is 0.103. The Morgan fingerprint density at radius 3 is 1.83 bits per heavy atom. The fourth-order valence-electron chi connectivity index (χ4n) is 4.87. The van der Waals surface area contributed by atoms with Crippen LogP contribution in [0, 0.1) is 0 Å². The molecule has 0 saturated heterocycles. The van der Waals surface area contributed by atoms with Gasteiger partial charge in [-0.1, -0.05) is 113 Å². The van der Waals surface area contributed by atoms with E-state index in [1.165, 1.54) is 11.8 Å². The summed E-state index contributed by atoms with van der Waals surface area (Å²) < 4.78 is -1.29. The molecule has 0 aliphatic carbocycles. The van der Waals surface area contributed by atoms with Crippen molar-refractivity contribution in [1.82, 2.24) is 0 Å². The SMILES string of the molecule is CC(=O)C1=NN(c2ccccc2)[C@@]2(S1)SC(c1ccc(Cl)cc1)(c1ccc(Cl)cc1)c1ccccc12. The van der Waals surface area contributed by atoms with E-state index in [1.54, 1.807) is 18.7 Å². The van der Waals surface area contributed by atoms with E-state index in [2.05, 4.69) is 48.5 Å². The number of hydrogen-bond donors (Lipinski definition) is 0. The summed E-state index contributed by atoms with van der Waals surface area (Å²) >= 11 is 15.9. The molecule has 7 heteroatoms. The van der Waals surface area contributed by atoms with Gasteiger partial charge in [0.25, 0.3) is 0 Å². The third kappa shape index (κ3) is 3.60. The lowest BCUT2D eigenvalue weighted by molar-refractivity contribution is -0.110. The van der Waals surface area contributed by atoms with Gasteiger partial charge in [-0.2, -0.15) is 5.10 Å². The van der Waals surface area contributed by atoms with Gasteiger partial charge in [-0.3, -0.25) is 4.79 Å². The molecule has 0 unspecified atom stereocenters. The van der Waals surface area contributed by atoms with Crippen LogP contribution >= 0.6 is 46.7 Å². The summed E-state index contributed by atoms with van der Waals surface area (Å²) in [6.45, 7) is 1.57. The van der Waals surface area contributed by atoms with Crippen LogP contribution in [0.25, 0.3) is 0 Å². The number of carbonyl (C=O) groups excluding carboxylic acids is 1. The van der Waals surface area contributed by atoms with Crippen LogP contribution in [0.5, 0.6) is 0 Å². The number of halogens is 2. The van der Waals surface area contributed by atoms with Gasteiger partial charge >= 0.3 is 0 Å². The average molecular weight is 548 g/mol. The van der Waals surface area contributed by atoms with E-state index in [-0.39, 0.29) is 5.78 Å². The van der Waals surface area contributed by atoms with Gasteiger partial charge in [0.2, 0.25) is 0 Å². The molecule has 1 atom stereocenters. The second-order valence-corrected chi connectivity index (χ2v) is 12.4. The van der Waals surface area contributed by atoms with Gasteiger partial charge in [-0.15, -0.1) is 0 Å². The number of fused-ring (bicyclic) bond motifs is 2. The second kappa shape index (κ2) is 9.00. The lowest BCUT2D eigenvalue weighted by Crippen LogP contribution is -2.34. The zero-order valence-corrected chi connectivity index (χ0v) is 22.3. The lowest BCUT2D eigenvalue weighted by Gasteiger charge is -2.37. The number of thioether (sulfide) groups is 2. The predicted molar refractivity (Wildman–Crippen MR) is 153 cm³/mol. The lowest BCUT2D eigenvalue weighted by atomic mass is 9.82. The van der Waals surface area contributed by atoms with Crippen molar-refractivity contribution >= 4 is 63.2 Å². The van der Waals surface area contributed by atoms with Gasteiger partial charge in [-0.25, -0.2) is 5.01 Å². The first kappa shape index (κ1) is 23.7. The Balaban J connectivity index is 1.65. The molecule has 0 amide bonds. The van der Waals surface area contributed by atoms with Crippen LogP contribution in [0.4, 0.5) is 5.69 Å². The van der Waals surface area contributed by atoms with E-state index >= 15 is 0 Å². The number of Topliss-reactive ketones (excluding diaryl/α,β-unsaturated/α-hetero) is 1. The van der Waals surface area contributed by atoms with E-state index in [9.17, 15) is 4.79 Å². The molecule has 0 aromatic heterocycles. The largest absolute Gasteiger partial charge is 0.292 e. The number of anilines is 1. The molecule has 3 nitrogen and oxygen atoms in total. The Labute approximate surface area is 228 Å². The standard InChI is InChI=1S/C29H20Cl2N2OS2/c1-19(34)27-32-33(24-7-3-2-4-8-24)29(35-27)26-10-6-5-9-25(26)28(36-29,20-11-15-22(30)16-12-20)21-13-17-23(31)18-14-21/h2-18H,1H3/t29-/m0/s1. The van der Waals surface area contributed by atoms with Crippen LogP contribution in [0.1, 0.15) is 29.2 Å². The highest BCUT2D eigenvalue weighted by Crippen LogP contribution is 2.70. The van der Waals surface area contributed by atoms with Gasteiger partial charge in [0.1, 0.15) is 0 Å². The monoisotopic (exact) mass is 546 g/mol. The molecule has 2 aliphatic rings. The third-order valence-electron chi connectivity index (χ3n) is 6.45. The van der Waals surface area contributed by atoms with E-state index in [1.807, 2.05) is 59.6 Å². The summed E-state index contributed by atoms with van der Waals surface area (Å²) in [6.07, 6.45) is 0. The minimum atomic E-state index is -0.696. The van der Waals surface area contributed by atoms with Crippen molar-refractivity contribution < 1.29 is 4.79 Å². The van der Waals surface area contributed by atoms with Crippen molar-refractivity contribution in [2.45, 2.75) is 15.9 Å². The summed E-state index contributed by atoms with van der Waals surface area (Å²) in [6, 6.07) is 34.5. The number of nitrogens with zero attached hydrogens (tertiary/aromatic N) is 2. The quantitative estimate of drug-likeness (QED) is 0.257. The molecule has 4 aromatic rings. The van der Waals surface area contributed by atoms with Crippen molar-refractivity contribution in [2.24, 2.45) is 5.10 Å². The van der Waals surface area contributed by atoms with E-state index < -0.39 is 8.95 Å². The topological polar surface area (TPSA) is 32.7 Å². The number of hydrogen-bond acceptors (Lipinski definition) is 5. The van der Waals surface area contributed by atoms with Crippen LogP contribution in [0.3, 0.4) is 0 Å². The first-order valence-electron chi connectivity index (χ1n) is 11.4. The summed E-state index contributed by atoms with van der Waals surface area (Å²) in [4.78, 5) is 12.6. The molecule has 178 valence electrons. The molecule has 4 aromatic carbocycles. The van der Waals surface area contributed by atoms with Crippen LogP contribution in [-0.2, 0) is 13.7 Å². The van der Waals surface area contributed by atoms with E-state index in [0.717, 1.165) is 27.9 Å². The maximum Gasteiger partial charge on any atom is 0.187 e. The number of hydrazone groups is 1. The Kier molecular flexibility index (Phi) is 5.92. The van der Waals surface area contributed by atoms with Crippen molar-refractivity contribution in [3.63, 3.8) is 0 Å². The zero-order chi connectivity index (χ0) is 24.9. The molecule has 6 rings (SSSR count). The zero-order valence-electron chi connectivity index (χ0n) is 19.2. The third-order valence-corrected chi connectivity index (χ3v) is 10.3. The first-order chi connectivity index (χ1) is 17.4. The summed E-state index contributed by atoms with van der Waals surface area (Å²) in [7, 11) is 0. The molecular weight excluding hydrogens is 527 g/mol. The molecule has 36 heavy (non-hydrogen) atoms. The normalized spacial score (nSPS) is 19.9. The minimum Gasteiger partial charge on any atom is -0.292 e. The Bertz CT molecular complexity index is 1440. The summed E-state index contributed by atoms with van der Waals surface area (Å²) in [5.41, 5.74) is 5.36. The highest BCUT2D eigenvalue weighted by atomic mass is 35.5. The molecule has 0 N–H and O–H groups in total. The first-order valence-corrected chi connectivity index (χ1v) is 13.8. The smallest absolute Gasteiger partial charge is 0.187 e. The average Bonchev–Trinajstić information content (AvgIpc) is 3.43. The number of ketones is 1. The maximum absolute atomic E-state index is 12.6.